The molecule has 106 valence electrons. The van der Waals surface area contributed by atoms with Gasteiger partial charge in [-0.15, -0.1) is 0 Å². The molecule has 0 unspecified atom stereocenters. The SMILES string of the molecule is COC(=O)c1coc(CNc2cc(Cl)c(C)cc2Br)c1. The van der Waals surface area contributed by atoms with Crippen LogP contribution in [0.4, 0.5) is 5.69 Å². The second kappa shape index (κ2) is 6.33. The molecule has 0 saturated heterocycles. The highest BCUT2D eigenvalue weighted by atomic mass is 79.9. The van der Waals surface area contributed by atoms with E-state index in [9.17, 15) is 4.79 Å². The van der Waals surface area contributed by atoms with Crippen LogP contribution in [0.1, 0.15) is 21.7 Å². The quantitative estimate of drug-likeness (QED) is 0.823. The van der Waals surface area contributed by atoms with Crippen molar-refractivity contribution in [1.29, 1.82) is 0 Å². The van der Waals surface area contributed by atoms with Crippen molar-refractivity contribution in [2.45, 2.75) is 13.5 Å². The van der Waals surface area contributed by atoms with Gasteiger partial charge in [-0.3, -0.25) is 0 Å². The van der Waals surface area contributed by atoms with Crippen LogP contribution in [0, 0.1) is 6.92 Å². The molecule has 0 bridgehead atoms. The summed E-state index contributed by atoms with van der Waals surface area (Å²) < 4.78 is 10.8. The number of esters is 1. The van der Waals surface area contributed by atoms with Crippen molar-refractivity contribution in [3.8, 4) is 0 Å². The lowest BCUT2D eigenvalue weighted by Gasteiger charge is -2.09. The summed E-state index contributed by atoms with van der Waals surface area (Å²) in [6, 6.07) is 5.42. The zero-order valence-electron chi connectivity index (χ0n) is 11.0. The number of carbonyl (C=O) groups excluding carboxylic acids is 1. The van der Waals surface area contributed by atoms with E-state index in [2.05, 4.69) is 26.0 Å². The van der Waals surface area contributed by atoms with Gasteiger partial charge in [-0.1, -0.05) is 11.6 Å². The molecule has 0 aliphatic heterocycles. The zero-order chi connectivity index (χ0) is 14.7. The molecule has 1 heterocycles. The predicted octanol–water partition coefficient (Wildman–Crippen LogP) is 4.40. The minimum atomic E-state index is -0.417. The predicted molar refractivity (Wildman–Crippen MR) is 81.3 cm³/mol. The molecule has 0 amide bonds. The first-order chi connectivity index (χ1) is 9.51. The van der Waals surface area contributed by atoms with E-state index in [1.165, 1.54) is 13.4 Å². The fourth-order valence-electron chi connectivity index (χ4n) is 1.66. The summed E-state index contributed by atoms with van der Waals surface area (Å²) in [6.07, 6.45) is 1.38. The molecule has 0 radical (unpaired) electrons. The highest BCUT2D eigenvalue weighted by molar-refractivity contribution is 9.10. The summed E-state index contributed by atoms with van der Waals surface area (Å²) in [7, 11) is 1.33. The number of aryl methyl sites for hydroxylation is 1. The lowest BCUT2D eigenvalue weighted by atomic mass is 10.2. The van der Waals surface area contributed by atoms with Gasteiger partial charge >= 0.3 is 5.97 Å². The largest absolute Gasteiger partial charge is 0.467 e. The molecular formula is C14H13BrClNO3. The van der Waals surface area contributed by atoms with Crippen LogP contribution in [0.2, 0.25) is 5.02 Å². The van der Waals surface area contributed by atoms with Gasteiger partial charge in [0.15, 0.2) is 0 Å². The van der Waals surface area contributed by atoms with Gasteiger partial charge in [-0.05, 0) is 46.6 Å². The fraction of sp³-hybridized carbons (Fsp3) is 0.214. The molecule has 0 fully saturated rings. The Morgan fingerprint density at radius 2 is 2.20 bits per heavy atom. The van der Waals surface area contributed by atoms with E-state index in [1.807, 2.05) is 19.1 Å². The molecule has 1 N–H and O–H groups in total. The Bertz CT molecular complexity index is 639. The van der Waals surface area contributed by atoms with Crippen LogP contribution >= 0.6 is 27.5 Å². The molecule has 4 nitrogen and oxygen atoms in total. The Balaban J connectivity index is 2.07. The number of rotatable bonds is 4. The van der Waals surface area contributed by atoms with Gasteiger partial charge in [0.2, 0.25) is 0 Å². The number of carbonyl (C=O) groups is 1. The number of benzene rings is 1. The van der Waals surface area contributed by atoms with Crippen LogP contribution in [0.15, 0.2) is 33.4 Å². The Morgan fingerprint density at radius 3 is 2.90 bits per heavy atom. The molecular weight excluding hydrogens is 346 g/mol. The number of methoxy groups -OCH3 is 1. The van der Waals surface area contributed by atoms with Crippen LogP contribution in [-0.4, -0.2) is 13.1 Å². The Hall–Kier alpha value is -1.46. The Kier molecular flexibility index (Phi) is 4.73. The summed E-state index contributed by atoms with van der Waals surface area (Å²) in [5.41, 5.74) is 2.25. The average Bonchev–Trinajstić information content (AvgIpc) is 2.89. The van der Waals surface area contributed by atoms with Gasteiger partial charge in [0.25, 0.3) is 0 Å². The number of furan rings is 1. The third kappa shape index (κ3) is 3.35. The minimum absolute atomic E-state index is 0.394. The van der Waals surface area contributed by atoms with Crippen molar-refractivity contribution in [2.24, 2.45) is 0 Å². The van der Waals surface area contributed by atoms with Crippen molar-refractivity contribution in [3.05, 3.63) is 50.8 Å². The topological polar surface area (TPSA) is 51.5 Å². The molecule has 0 spiro atoms. The summed E-state index contributed by atoms with van der Waals surface area (Å²) in [5.74, 6) is 0.216. The molecule has 2 aromatic rings. The van der Waals surface area contributed by atoms with Gasteiger partial charge in [-0.25, -0.2) is 4.79 Å². The molecule has 1 aromatic carbocycles. The van der Waals surface area contributed by atoms with Gasteiger partial charge in [0.05, 0.1) is 24.9 Å². The molecule has 0 aliphatic rings. The third-order valence-corrected chi connectivity index (χ3v) is 3.84. The molecule has 0 saturated carbocycles. The molecule has 1 aromatic heterocycles. The lowest BCUT2D eigenvalue weighted by molar-refractivity contribution is 0.0600. The Morgan fingerprint density at radius 1 is 1.45 bits per heavy atom. The van der Waals surface area contributed by atoms with Gasteiger partial charge in [-0.2, -0.15) is 0 Å². The second-order valence-corrected chi connectivity index (χ2v) is 5.49. The smallest absolute Gasteiger partial charge is 0.341 e. The van der Waals surface area contributed by atoms with Crippen LogP contribution in [0.3, 0.4) is 0 Å². The fourth-order valence-corrected chi connectivity index (χ4v) is 2.42. The van der Waals surface area contributed by atoms with Crippen molar-refractivity contribution in [3.63, 3.8) is 0 Å². The van der Waals surface area contributed by atoms with Gasteiger partial charge in [0.1, 0.15) is 12.0 Å². The molecule has 0 aliphatic carbocycles. The Labute approximate surface area is 130 Å². The molecule has 6 heteroatoms. The summed E-state index contributed by atoms with van der Waals surface area (Å²) in [5, 5.41) is 3.88. The van der Waals surface area contributed by atoms with E-state index >= 15 is 0 Å². The van der Waals surface area contributed by atoms with E-state index in [4.69, 9.17) is 16.0 Å². The minimum Gasteiger partial charge on any atom is -0.467 e. The first kappa shape index (κ1) is 14.9. The van der Waals surface area contributed by atoms with Crippen molar-refractivity contribution in [1.82, 2.24) is 0 Å². The van der Waals surface area contributed by atoms with Crippen LogP contribution in [0.25, 0.3) is 0 Å². The van der Waals surface area contributed by atoms with Crippen LogP contribution in [-0.2, 0) is 11.3 Å². The summed E-state index contributed by atoms with van der Waals surface area (Å²) >= 11 is 9.56. The van der Waals surface area contributed by atoms with Crippen molar-refractivity contribution in [2.75, 3.05) is 12.4 Å². The lowest BCUT2D eigenvalue weighted by Crippen LogP contribution is -2.01. The first-order valence-electron chi connectivity index (χ1n) is 5.86. The van der Waals surface area contributed by atoms with Gasteiger partial charge in [0, 0.05) is 9.50 Å². The monoisotopic (exact) mass is 357 g/mol. The zero-order valence-corrected chi connectivity index (χ0v) is 13.3. The highest BCUT2D eigenvalue weighted by Gasteiger charge is 2.10. The maximum Gasteiger partial charge on any atom is 0.341 e. The summed E-state index contributed by atoms with van der Waals surface area (Å²) in [6.45, 7) is 2.38. The second-order valence-electron chi connectivity index (χ2n) is 4.23. The van der Waals surface area contributed by atoms with E-state index in [0.717, 1.165) is 15.7 Å². The molecule has 2 rings (SSSR count). The average molecular weight is 359 g/mol. The normalized spacial score (nSPS) is 10.4. The van der Waals surface area contributed by atoms with Gasteiger partial charge < -0.3 is 14.5 Å². The first-order valence-corrected chi connectivity index (χ1v) is 7.03. The maximum absolute atomic E-state index is 11.3. The molecule has 20 heavy (non-hydrogen) atoms. The van der Waals surface area contributed by atoms with E-state index in [0.29, 0.717) is 22.9 Å². The highest BCUT2D eigenvalue weighted by Crippen LogP contribution is 2.29. The number of anilines is 1. The number of halogens is 2. The number of ether oxygens (including phenoxy) is 1. The maximum atomic E-state index is 11.3. The molecule has 0 atom stereocenters. The van der Waals surface area contributed by atoms with Crippen molar-refractivity contribution >= 4 is 39.2 Å². The number of hydrogen-bond donors (Lipinski definition) is 1. The number of nitrogens with one attached hydrogen (secondary N) is 1. The van der Waals surface area contributed by atoms with E-state index in [-0.39, 0.29) is 0 Å². The van der Waals surface area contributed by atoms with Crippen molar-refractivity contribution < 1.29 is 13.9 Å². The summed E-state index contributed by atoms with van der Waals surface area (Å²) in [4.78, 5) is 11.3. The number of hydrogen-bond acceptors (Lipinski definition) is 4. The standard InChI is InChI=1S/C14H13BrClNO3/c1-8-3-11(15)13(5-12(8)16)17-6-10-4-9(7-20-10)14(18)19-2/h3-5,7,17H,6H2,1-2H3. The van der Waals surface area contributed by atoms with Crippen LogP contribution in [0.5, 0.6) is 0 Å². The van der Waals surface area contributed by atoms with E-state index < -0.39 is 5.97 Å². The van der Waals surface area contributed by atoms with Crippen LogP contribution < -0.4 is 5.32 Å². The third-order valence-electron chi connectivity index (χ3n) is 2.78. The van der Waals surface area contributed by atoms with E-state index in [1.54, 1.807) is 6.07 Å².